The first-order valence-corrected chi connectivity index (χ1v) is 8.20. The Balaban J connectivity index is 2.45. The molecule has 1 saturated carbocycles. The maximum Gasteiger partial charge on any atom is 0.0462 e. The molecule has 0 saturated heterocycles. The average Bonchev–Trinajstić information content (AvgIpc) is 2.36. The van der Waals surface area contributed by atoms with E-state index in [1.54, 1.807) is 0 Å². The molecule has 0 aromatic heterocycles. The molecule has 0 bridgehead atoms. The maximum atomic E-state index is 5.22. The zero-order chi connectivity index (χ0) is 14.3. The topological polar surface area (TPSA) is 21.3 Å². The molecule has 3 unspecified atom stereocenters. The molecule has 0 spiro atoms. The summed E-state index contributed by atoms with van der Waals surface area (Å²) in [6, 6.07) is 0. The molecule has 1 aliphatic carbocycles. The summed E-state index contributed by atoms with van der Waals surface area (Å²) in [5.74, 6) is 2.75. The molecule has 1 fully saturated rings. The van der Waals surface area contributed by atoms with E-state index >= 15 is 0 Å². The molecule has 1 rings (SSSR count). The van der Waals surface area contributed by atoms with Gasteiger partial charge < -0.3 is 10.1 Å². The highest BCUT2D eigenvalue weighted by atomic mass is 16.5. The van der Waals surface area contributed by atoms with Crippen molar-refractivity contribution >= 4 is 0 Å². The number of hydrogen-bond acceptors (Lipinski definition) is 2. The molecule has 0 amide bonds. The number of nitrogens with one attached hydrogen (secondary N) is 1. The second kappa shape index (κ2) is 8.26. The summed E-state index contributed by atoms with van der Waals surface area (Å²) in [4.78, 5) is 0. The van der Waals surface area contributed by atoms with Crippen molar-refractivity contribution in [2.24, 2.45) is 17.8 Å². The van der Waals surface area contributed by atoms with Crippen LogP contribution in [0.2, 0.25) is 0 Å². The fourth-order valence-electron chi connectivity index (χ4n) is 3.34. The second-order valence-electron chi connectivity index (χ2n) is 7.37. The molecule has 1 N–H and O–H groups in total. The molecule has 2 heteroatoms. The SMILES string of the molecule is CCC1CCC(CNC(C)(C)C)C(CCCOC)C1. The van der Waals surface area contributed by atoms with Crippen LogP contribution in [0.4, 0.5) is 0 Å². The van der Waals surface area contributed by atoms with E-state index in [1.807, 2.05) is 7.11 Å². The summed E-state index contributed by atoms with van der Waals surface area (Å²) >= 11 is 0. The second-order valence-corrected chi connectivity index (χ2v) is 7.37. The lowest BCUT2D eigenvalue weighted by Crippen LogP contribution is -2.42. The molecule has 2 nitrogen and oxygen atoms in total. The van der Waals surface area contributed by atoms with E-state index in [0.717, 1.165) is 24.4 Å². The van der Waals surface area contributed by atoms with Crippen molar-refractivity contribution < 1.29 is 4.74 Å². The molecule has 114 valence electrons. The van der Waals surface area contributed by atoms with Gasteiger partial charge >= 0.3 is 0 Å². The predicted molar refractivity (Wildman–Crippen MR) is 83.5 cm³/mol. The average molecular weight is 269 g/mol. The van der Waals surface area contributed by atoms with Gasteiger partial charge in [0.05, 0.1) is 0 Å². The van der Waals surface area contributed by atoms with Crippen molar-refractivity contribution in [3.63, 3.8) is 0 Å². The van der Waals surface area contributed by atoms with Crippen molar-refractivity contribution in [2.45, 2.75) is 71.8 Å². The number of rotatable bonds is 7. The molecular weight excluding hydrogens is 234 g/mol. The van der Waals surface area contributed by atoms with E-state index < -0.39 is 0 Å². The van der Waals surface area contributed by atoms with Gasteiger partial charge in [-0.25, -0.2) is 0 Å². The third-order valence-corrected chi connectivity index (χ3v) is 4.64. The minimum atomic E-state index is 0.249. The first-order valence-electron chi connectivity index (χ1n) is 8.20. The molecule has 0 heterocycles. The standard InChI is InChI=1S/C17H35NO/c1-6-14-9-10-16(13-18-17(2,3)4)15(12-14)8-7-11-19-5/h14-16,18H,6-13H2,1-5H3. The van der Waals surface area contributed by atoms with E-state index in [-0.39, 0.29) is 5.54 Å². The summed E-state index contributed by atoms with van der Waals surface area (Å²) in [6.45, 7) is 11.3. The first-order chi connectivity index (χ1) is 8.96. The van der Waals surface area contributed by atoms with Crippen LogP contribution in [0.25, 0.3) is 0 Å². The van der Waals surface area contributed by atoms with Crippen LogP contribution in [0.3, 0.4) is 0 Å². The quantitative estimate of drug-likeness (QED) is 0.698. The summed E-state index contributed by atoms with van der Waals surface area (Å²) in [7, 11) is 1.81. The van der Waals surface area contributed by atoms with Crippen molar-refractivity contribution in [1.82, 2.24) is 5.32 Å². The Labute approximate surface area is 120 Å². The van der Waals surface area contributed by atoms with Gasteiger partial charge in [-0.05, 0) is 70.8 Å². The van der Waals surface area contributed by atoms with E-state index in [4.69, 9.17) is 4.74 Å². The van der Waals surface area contributed by atoms with Crippen molar-refractivity contribution in [2.75, 3.05) is 20.3 Å². The Morgan fingerprint density at radius 3 is 2.47 bits per heavy atom. The molecule has 1 aliphatic rings. The largest absolute Gasteiger partial charge is 0.385 e. The highest BCUT2D eigenvalue weighted by Crippen LogP contribution is 2.37. The third-order valence-electron chi connectivity index (χ3n) is 4.64. The van der Waals surface area contributed by atoms with Gasteiger partial charge in [0, 0.05) is 19.3 Å². The summed E-state index contributed by atoms with van der Waals surface area (Å²) in [5.41, 5.74) is 0.249. The van der Waals surface area contributed by atoms with Crippen molar-refractivity contribution in [3.8, 4) is 0 Å². The van der Waals surface area contributed by atoms with E-state index in [9.17, 15) is 0 Å². The molecule has 0 aromatic rings. The van der Waals surface area contributed by atoms with Gasteiger partial charge in [-0.1, -0.05) is 19.8 Å². The lowest BCUT2D eigenvalue weighted by atomic mass is 9.71. The molecular formula is C17H35NO. The molecule has 19 heavy (non-hydrogen) atoms. The zero-order valence-corrected chi connectivity index (χ0v) is 13.8. The van der Waals surface area contributed by atoms with Crippen molar-refractivity contribution in [1.29, 1.82) is 0 Å². The van der Waals surface area contributed by atoms with Crippen LogP contribution in [0.15, 0.2) is 0 Å². The van der Waals surface area contributed by atoms with E-state index in [2.05, 4.69) is 33.0 Å². The van der Waals surface area contributed by atoms with Gasteiger partial charge in [0.2, 0.25) is 0 Å². The normalized spacial score (nSPS) is 28.6. The van der Waals surface area contributed by atoms with Crippen LogP contribution in [0.1, 0.15) is 66.2 Å². The molecule has 0 aliphatic heterocycles. The first kappa shape index (κ1) is 17.0. The smallest absolute Gasteiger partial charge is 0.0462 e. The van der Waals surface area contributed by atoms with Crippen LogP contribution >= 0.6 is 0 Å². The lowest BCUT2D eigenvalue weighted by molar-refractivity contribution is 0.133. The van der Waals surface area contributed by atoms with E-state index in [1.165, 1.54) is 45.1 Å². The Bertz CT molecular complexity index is 234. The Morgan fingerprint density at radius 1 is 1.16 bits per heavy atom. The van der Waals surface area contributed by atoms with Crippen LogP contribution in [-0.2, 0) is 4.74 Å². The Hall–Kier alpha value is -0.0800. The number of hydrogen-bond donors (Lipinski definition) is 1. The van der Waals surface area contributed by atoms with Crippen molar-refractivity contribution in [3.05, 3.63) is 0 Å². The number of methoxy groups -OCH3 is 1. The van der Waals surface area contributed by atoms with Crippen LogP contribution in [0, 0.1) is 17.8 Å². The van der Waals surface area contributed by atoms with E-state index in [0.29, 0.717) is 0 Å². The van der Waals surface area contributed by atoms with Gasteiger partial charge in [-0.3, -0.25) is 0 Å². The minimum Gasteiger partial charge on any atom is -0.385 e. The summed E-state index contributed by atoms with van der Waals surface area (Å²) in [6.07, 6.45) is 8.23. The zero-order valence-electron chi connectivity index (χ0n) is 13.8. The maximum absolute atomic E-state index is 5.22. The lowest BCUT2D eigenvalue weighted by Gasteiger charge is -2.38. The van der Waals surface area contributed by atoms with Crippen LogP contribution in [0.5, 0.6) is 0 Å². The Kier molecular flexibility index (Phi) is 7.38. The fourth-order valence-corrected chi connectivity index (χ4v) is 3.34. The molecule has 0 radical (unpaired) electrons. The van der Waals surface area contributed by atoms with Gasteiger partial charge in [-0.2, -0.15) is 0 Å². The summed E-state index contributed by atoms with van der Waals surface area (Å²) in [5, 5.41) is 3.71. The van der Waals surface area contributed by atoms with Gasteiger partial charge in [0.15, 0.2) is 0 Å². The highest BCUT2D eigenvalue weighted by molar-refractivity contribution is 4.83. The van der Waals surface area contributed by atoms with Gasteiger partial charge in [-0.15, -0.1) is 0 Å². The van der Waals surface area contributed by atoms with Gasteiger partial charge in [0.1, 0.15) is 0 Å². The predicted octanol–water partition coefficient (Wildman–Crippen LogP) is 4.24. The van der Waals surface area contributed by atoms with Gasteiger partial charge in [0.25, 0.3) is 0 Å². The Morgan fingerprint density at radius 2 is 1.89 bits per heavy atom. The summed E-state index contributed by atoms with van der Waals surface area (Å²) < 4.78 is 5.22. The third kappa shape index (κ3) is 6.76. The highest BCUT2D eigenvalue weighted by Gasteiger charge is 2.29. The fraction of sp³-hybridized carbons (Fsp3) is 1.00. The van der Waals surface area contributed by atoms with Crippen LogP contribution in [-0.4, -0.2) is 25.8 Å². The monoisotopic (exact) mass is 269 g/mol. The molecule has 0 aromatic carbocycles. The molecule has 3 atom stereocenters. The number of ether oxygens (including phenoxy) is 1. The minimum absolute atomic E-state index is 0.249. The van der Waals surface area contributed by atoms with Crippen LogP contribution < -0.4 is 5.32 Å².